The van der Waals surface area contributed by atoms with Gasteiger partial charge in [0.25, 0.3) is 11.6 Å². The topological polar surface area (TPSA) is 129 Å². The predicted octanol–water partition coefficient (Wildman–Crippen LogP) is 3.58. The normalized spacial score (nSPS) is 10.6. The number of benzene rings is 2. The molecule has 0 aliphatic rings. The van der Waals surface area contributed by atoms with Crippen molar-refractivity contribution < 1.29 is 9.72 Å². The lowest BCUT2D eigenvalue weighted by Crippen LogP contribution is -2.13. The van der Waals surface area contributed by atoms with E-state index in [1.54, 1.807) is 11.6 Å². The number of carbonyl (C=O) groups is 1. The van der Waals surface area contributed by atoms with E-state index in [1.165, 1.54) is 36.9 Å². The summed E-state index contributed by atoms with van der Waals surface area (Å²) in [5.41, 5.74) is 1.18. The van der Waals surface area contributed by atoms with E-state index in [0.717, 1.165) is 17.3 Å². The van der Waals surface area contributed by atoms with Crippen LogP contribution in [-0.4, -0.2) is 35.6 Å². The van der Waals surface area contributed by atoms with E-state index in [1.807, 2.05) is 30.3 Å². The Kier molecular flexibility index (Phi) is 5.67. The van der Waals surface area contributed by atoms with Gasteiger partial charge in [-0.3, -0.25) is 14.9 Å². The van der Waals surface area contributed by atoms with E-state index in [4.69, 9.17) is 0 Å². The van der Waals surface area contributed by atoms with E-state index < -0.39 is 10.8 Å². The van der Waals surface area contributed by atoms with Crippen molar-refractivity contribution in [3.63, 3.8) is 0 Å². The van der Waals surface area contributed by atoms with Gasteiger partial charge in [-0.05, 0) is 23.9 Å². The van der Waals surface area contributed by atoms with Gasteiger partial charge in [-0.25, -0.2) is 9.97 Å². The highest BCUT2D eigenvalue weighted by Gasteiger charge is 2.20. The van der Waals surface area contributed by atoms with Crippen molar-refractivity contribution in [2.45, 2.75) is 10.1 Å². The van der Waals surface area contributed by atoms with Crippen LogP contribution in [0.3, 0.4) is 0 Å². The molecule has 2 aromatic carbocycles. The van der Waals surface area contributed by atoms with Gasteiger partial charge < -0.3 is 9.88 Å². The highest BCUT2D eigenvalue weighted by Crippen LogP contribution is 2.34. The van der Waals surface area contributed by atoms with Gasteiger partial charge in [-0.15, -0.1) is 10.2 Å². The molecule has 2 heterocycles. The van der Waals surface area contributed by atoms with Gasteiger partial charge in [0.05, 0.1) is 27.9 Å². The van der Waals surface area contributed by atoms with Crippen LogP contribution in [0, 0.1) is 10.1 Å². The average Bonchev–Trinajstić information content (AvgIpc) is 3.19. The van der Waals surface area contributed by atoms with Crippen LogP contribution in [0.2, 0.25) is 0 Å². The molecule has 0 aliphatic carbocycles. The van der Waals surface area contributed by atoms with Crippen molar-refractivity contribution in [2.24, 2.45) is 7.05 Å². The third-order valence-electron chi connectivity index (χ3n) is 4.23. The number of hydrogen-bond donors (Lipinski definition) is 1. The molecular formula is C20H15N7O3S. The summed E-state index contributed by atoms with van der Waals surface area (Å²) in [6.45, 7) is 0. The van der Waals surface area contributed by atoms with Gasteiger partial charge >= 0.3 is 0 Å². The second-order valence-electron chi connectivity index (χ2n) is 6.38. The molecule has 0 unspecified atom stereocenters. The Hall–Kier alpha value is -4.12. The molecule has 0 saturated heterocycles. The number of nitrogens with zero attached hydrogens (tertiary/aromatic N) is 6. The van der Waals surface area contributed by atoms with Crippen LogP contribution in [-0.2, 0) is 7.05 Å². The summed E-state index contributed by atoms with van der Waals surface area (Å²) in [5.74, 6) is 0.0220. The summed E-state index contributed by atoms with van der Waals surface area (Å²) >= 11 is 1.10. The van der Waals surface area contributed by atoms with Crippen LogP contribution in [0.25, 0.3) is 11.4 Å². The van der Waals surface area contributed by atoms with E-state index in [-0.39, 0.29) is 11.3 Å². The maximum absolute atomic E-state index is 12.6. The van der Waals surface area contributed by atoms with Crippen LogP contribution in [0.5, 0.6) is 0 Å². The molecule has 10 nitrogen and oxygen atoms in total. The zero-order valence-electron chi connectivity index (χ0n) is 16.2. The standard InChI is InChI=1S/C20H15N7O3S/c1-26-12-23-25-20(26)31-17-8-7-14(9-16(17)27(29)30)19(28)24-15-10-21-18(22-11-15)13-5-3-2-4-6-13/h2-12H,1H3,(H,24,28). The fourth-order valence-electron chi connectivity index (χ4n) is 2.68. The van der Waals surface area contributed by atoms with Gasteiger partial charge in [-0.2, -0.15) is 0 Å². The molecule has 0 aliphatic heterocycles. The number of nitrogens with one attached hydrogen (secondary N) is 1. The smallest absolute Gasteiger partial charge is 0.284 e. The summed E-state index contributed by atoms with van der Waals surface area (Å²) in [6.07, 6.45) is 4.47. The van der Waals surface area contributed by atoms with E-state index in [9.17, 15) is 14.9 Å². The Morgan fingerprint density at radius 3 is 2.52 bits per heavy atom. The van der Waals surface area contributed by atoms with Crippen molar-refractivity contribution in [3.8, 4) is 11.4 Å². The molecule has 0 fully saturated rings. The van der Waals surface area contributed by atoms with Crippen LogP contribution >= 0.6 is 11.8 Å². The highest BCUT2D eigenvalue weighted by molar-refractivity contribution is 7.99. The van der Waals surface area contributed by atoms with Gasteiger partial charge in [-0.1, -0.05) is 30.3 Å². The Morgan fingerprint density at radius 2 is 1.87 bits per heavy atom. The molecule has 2 aromatic heterocycles. The maximum Gasteiger partial charge on any atom is 0.284 e. The number of amides is 1. The molecule has 0 atom stereocenters. The van der Waals surface area contributed by atoms with E-state index >= 15 is 0 Å². The number of hydrogen-bond acceptors (Lipinski definition) is 8. The minimum atomic E-state index is -0.534. The van der Waals surface area contributed by atoms with Crippen molar-refractivity contribution >= 4 is 29.0 Å². The fourth-order valence-corrected chi connectivity index (χ4v) is 3.53. The summed E-state index contributed by atoms with van der Waals surface area (Å²) in [5, 5.41) is 22.4. The number of rotatable bonds is 6. The fraction of sp³-hybridized carbons (Fsp3) is 0.0500. The molecule has 31 heavy (non-hydrogen) atoms. The summed E-state index contributed by atoms with van der Waals surface area (Å²) in [7, 11) is 1.74. The first-order valence-corrected chi connectivity index (χ1v) is 9.82. The van der Waals surface area contributed by atoms with Crippen LogP contribution in [0.4, 0.5) is 11.4 Å². The second-order valence-corrected chi connectivity index (χ2v) is 7.39. The monoisotopic (exact) mass is 433 g/mol. The zero-order chi connectivity index (χ0) is 21.8. The molecule has 1 amide bonds. The van der Waals surface area contributed by atoms with Crippen molar-refractivity contribution in [3.05, 3.63) is 82.9 Å². The van der Waals surface area contributed by atoms with Crippen LogP contribution in [0.15, 0.2) is 77.3 Å². The number of aromatic nitrogens is 5. The minimum absolute atomic E-state index is 0.140. The van der Waals surface area contributed by atoms with Crippen molar-refractivity contribution in [1.29, 1.82) is 0 Å². The quantitative estimate of drug-likeness (QED) is 0.361. The lowest BCUT2D eigenvalue weighted by molar-refractivity contribution is -0.387. The second kappa shape index (κ2) is 8.71. The number of carbonyl (C=O) groups excluding carboxylic acids is 1. The number of anilines is 1. The zero-order valence-corrected chi connectivity index (χ0v) is 17.0. The molecule has 4 rings (SSSR count). The lowest BCUT2D eigenvalue weighted by atomic mass is 10.2. The third kappa shape index (κ3) is 4.56. The molecule has 1 N–H and O–H groups in total. The molecule has 154 valence electrons. The van der Waals surface area contributed by atoms with Gasteiger partial charge in [0.2, 0.25) is 0 Å². The molecule has 0 spiro atoms. The largest absolute Gasteiger partial charge is 0.319 e. The Balaban J connectivity index is 1.52. The van der Waals surface area contributed by atoms with E-state index in [0.29, 0.717) is 21.6 Å². The minimum Gasteiger partial charge on any atom is -0.319 e. The number of nitro benzene ring substituents is 1. The molecule has 11 heteroatoms. The van der Waals surface area contributed by atoms with Crippen LogP contribution in [0.1, 0.15) is 10.4 Å². The Morgan fingerprint density at radius 1 is 1.13 bits per heavy atom. The Bertz CT molecular complexity index is 1240. The summed E-state index contributed by atoms with van der Waals surface area (Å²) in [4.78, 5) is 32.5. The molecule has 0 bridgehead atoms. The van der Waals surface area contributed by atoms with Crippen molar-refractivity contribution in [2.75, 3.05) is 5.32 Å². The molecule has 0 radical (unpaired) electrons. The maximum atomic E-state index is 12.6. The average molecular weight is 433 g/mol. The van der Waals surface area contributed by atoms with E-state index in [2.05, 4.69) is 25.5 Å². The first-order valence-electron chi connectivity index (χ1n) is 9.00. The molecule has 0 saturated carbocycles. The summed E-state index contributed by atoms with van der Waals surface area (Å²) < 4.78 is 1.65. The number of nitro groups is 1. The van der Waals surface area contributed by atoms with Crippen molar-refractivity contribution in [1.82, 2.24) is 24.7 Å². The van der Waals surface area contributed by atoms with Gasteiger partial charge in [0.1, 0.15) is 6.33 Å². The lowest BCUT2D eigenvalue weighted by Gasteiger charge is -2.07. The van der Waals surface area contributed by atoms with Gasteiger partial charge in [0, 0.05) is 24.2 Å². The number of aryl methyl sites for hydroxylation is 1. The SMILES string of the molecule is Cn1cnnc1Sc1ccc(C(=O)Nc2cnc(-c3ccccc3)nc2)cc1[N+](=O)[O-]. The van der Waals surface area contributed by atoms with Crippen LogP contribution < -0.4 is 5.32 Å². The first-order chi connectivity index (χ1) is 15.0. The predicted molar refractivity (Wildman–Crippen MR) is 114 cm³/mol. The first kappa shape index (κ1) is 20.2. The summed E-state index contributed by atoms with van der Waals surface area (Å²) in [6, 6.07) is 13.7. The third-order valence-corrected chi connectivity index (χ3v) is 5.35. The van der Waals surface area contributed by atoms with Gasteiger partial charge in [0.15, 0.2) is 11.0 Å². The Labute approximate surface area is 180 Å². The molecular weight excluding hydrogens is 418 g/mol. The molecule has 4 aromatic rings. The highest BCUT2D eigenvalue weighted by atomic mass is 32.2.